The first-order valence-corrected chi connectivity index (χ1v) is 5.39. The first-order valence-electron chi connectivity index (χ1n) is 5.39. The van der Waals surface area contributed by atoms with Gasteiger partial charge >= 0.3 is 0 Å². The number of hydrogen-bond acceptors (Lipinski definition) is 3. The van der Waals surface area contributed by atoms with Gasteiger partial charge in [-0.1, -0.05) is 0 Å². The maximum atomic E-state index is 13.8. The van der Waals surface area contributed by atoms with Crippen molar-refractivity contribution < 1.29 is 13.9 Å². The Hall–Kier alpha value is -1.69. The fourth-order valence-corrected chi connectivity index (χ4v) is 1.75. The molecule has 0 aliphatic heterocycles. The SMILES string of the molecule is CN(CC(C)(C)O)c1c(F)cc(C(=N)N)cc1F. The number of anilines is 1. The van der Waals surface area contributed by atoms with Crippen LogP contribution in [-0.4, -0.2) is 30.1 Å². The molecule has 0 atom stereocenters. The number of hydrogen-bond donors (Lipinski definition) is 3. The van der Waals surface area contributed by atoms with Gasteiger partial charge in [0.05, 0.1) is 5.60 Å². The molecule has 0 aromatic heterocycles. The summed E-state index contributed by atoms with van der Waals surface area (Å²) < 4.78 is 27.6. The molecule has 4 nitrogen and oxygen atoms in total. The Morgan fingerprint density at radius 1 is 1.39 bits per heavy atom. The summed E-state index contributed by atoms with van der Waals surface area (Å²) in [5.41, 5.74) is 3.84. The van der Waals surface area contributed by atoms with Gasteiger partial charge in [0.15, 0.2) is 0 Å². The van der Waals surface area contributed by atoms with Gasteiger partial charge in [0.1, 0.15) is 23.2 Å². The number of likely N-dealkylation sites (N-methyl/N-ethyl adjacent to an activating group) is 1. The van der Waals surface area contributed by atoms with Crippen molar-refractivity contribution in [2.24, 2.45) is 5.73 Å². The van der Waals surface area contributed by atoms with Crippen LogP contribution in [0, 0.1) is 17.0 Å². The maximum absolute atomic E-state index is 13.8. The summed E-state index contributed by atoms with van der Waals surface area (Å²) in [4.78, 5) is 1.29. The minimum atomic E-state index is -1.08. The molecule has 0 heterocycles. The van der Waals surface area contributed by atoms with Crippen LogP contribution < -0.4 is 10.6 Å². The van der Waals surface area contributed by atoms with E-state index < -0.39 is 23.1 Å². The lowest BCUT2D eigenvalue weighted by Gasteiger charge is -2.27. The summed E-state index contributed by atoms with van der Waals surface area (Å²) in [7, 11) is 1.48. The summed E-state index contributed by atoms with van der Waals surface area (Å²) in [5, 5.41) is 16.8. The number of benzene rings is 1. The van der Waals surface area contributed by atoms with E-state index in [4.69, 9.17) is 11.1 Å². The summed E-state index contributed by atoms with van der Waals surface area (Å²) in [6.07, 6.45) is 0. The van der Waals surface area contributed by atoms with Crippen molar-refractivity contribution in [1.82, 2.24) is 0 Å². The number of nitrogens with zero attached hydrogens (tertiary/aromatic N) is 1. The number of rotatable bonds is 4. The van der Waals surface area contributed by atoms with E-state index in [0.717, 1.165) is 12.1 Å². The van der Waals surface area contributed by atoms with Crippen LogP contribution in [-0.2, 0) is 0 Å². The smallest absolute Gasteiger partial charge is 0.150 e. The van der Waals surface area contributed by atoms with Gasteiger partial charge in [-0.3, -0.25) is 5.41 Å². The molecule has 0 saturated carbocycles. The van der Waals surface area contributed by atoms with Crippen LogP contribution >= 0.6 is 0 Å². The lowest BCUT2D eigenvalue weighted by atomic mass is 10.1. The molecule has 4 N–H and O–H groups in total. The molecule has 0 amide bonds. The van der Waals surface area contributed by atoms with Crippen LogP contribution in [0.15, 0.2) is 12.1 Å². The highest BCUT2D eigenvalue weighted by Gasteiger charge is 2.21. The van der Waals surface area contributed by atoms with Gasteiger partial charge < -0.3 is 15.7 Å². The van der Waals surface area contributed by atoms with Crippen molar-refractivity contribution in [2.45, 2.75) is 19.4 Å². The number of nitrogens with one attached hydrogen (secondary N) is 1. The molecule has 0 fully saturated rings. The molecule has 1 rings (SSSR count). The molecule has 0 bridgehead atoms. The van der Waals surface area contributed by atoms with E-state index in [1.807, 2.05) is 0 Å². The number of nitrogens with two attached hydrogens (primary N) is 1. The molecule has 0 saturated heterocycles. The third-order valence-electron chi connectivity index (χ3n) is 2.33. The van der Waals surface area contributed by atoms with Gasteiger partial charge in [-0.2, -0.15) is 0 Å². The second kappa shape index (κ2) is 4.89. The number of halogens is 2. The van der Waals surface area contributed by atoms with E-state index in [-0.39, 0.29) is 17.8 Å². The van der Waals surface area contributed by atoms with Gasteiger partial charge in [-0.05, 0) is 26.0 Å². The van der Waals surface area contributed by atoms with Gasteiger partial charge in [0.2, 0.25) is 0 Å². The first kappa shape index (κ1) is 14.4. The molecule has 18 heavy (non-hydrogen) atoms. The monoisotopic (exact) mass is 257 g/mol. The zero-order chi connectivity index (χ0) is 14.1. The summed E-state index contributed by atoms with van der Waals surface area (Å²) in [5.74, 6) is -2.02. The van der Waals surface area contributed by atoms with E-state index in [0.29, 0.717) is 0 Å². The molecule has 100 valence electrons. The van der Waals surface area contributed by atoms with Gasteiger partial charge in [0.25, 0.3) is 0 Å². The zero-order valence-corrected chi connectivity index (χ0v) is 10.6. The highest BCUT2D eigenvalue weighted by atomic mass is 19.1. The molecule has 6 heteroatoms. The summed E-state index contributed by atoms with van der Waals surface area (Å²) >= 11 is 0. The fraction of sp³-hybridized carbons (Fsp3) is 0.417. The van der Waals surface area contributed by atoms with Crippen molar-refractivity contribution in [3.05, 3.63) is 29.3 Å². The first-order chi connectivity index (χ1) is 8.11. The Kier molecular flexibility index (Phi) is 3.91. The molecule has 1 aromatic carbocycles. The third kappa shape index (κ3) is 3.40. The number of amidine groups is 1. The lowest BCUT2D eigenvalue weighted by Crippen LogP contribution is -2.37. The van der Waals surface area contributed by atoms with Crippen LogP contribution in [0.25, 0.3) is 0 Å². The summed E-state index contributed by atoms with van der Waals surface area (Å²) in [6.45, 7) is 3.16. The van der Waals surface area contributed by atoms with Crippen LogP contribution in [0.4, 0.5) is 14.5 Å². The fourth-order valence-electron chi connectivity index (χ4n) is 1.75. The number of nitrogen functional groups attached to an aromatic ring is 1. The second-order valence-corrected chi connectivity index (χ2v) is 4.87. The molecule has 0 unspecified atom stereocenters. The van der Waals surface area contributed by atoms with Crippen molar-refractivity contribution in [2.75, 3.05) is 18.5 Å². The lowest BCUT2D eigenvalue weighted by molar-refractivity contribution is 0.0883. The zero-order valence-electron chi connectivity index (χ0n) is 10.6. The van der Waals surface area contributed by atoms with Crippen LogP contribution in [0.2, 0.25) is 0 Å². The van der Waals surface area contributed by atoms with Crippen LogP contribution in [0.5, 0.6) is 0 Å². The second-order valence-electron chi connectivity index (χ2n) is 4.87. The van der Waals surface area contributed by atoms with Gasteiger partial charge in [0, 0.05) is 19.2 Å². The van der Waals surface area contributed by atoms with E-state index in [2.05, 4.69) is 0 Å². The minimum Gasteiger partial charge on any atom is -0.389 e. The Morgan fingerprint density at radius 3 is 2.17 bits per heavy atom. The van der Waals surface area contributed by atoms with Crippen molar-refractivity contribution in [3.8, 4) is 0 Å². The average Bonchev–Trinajstić information content (AvgIpc) is 2.12. The third-order valence-corrected chi connectivity index (χ3v) is 2.33. The van der Waals surface area contributed by atoms with Crippen LogP contribution in [0.1, 0.15) is 19.4 Å². The molecule has 1 aromatic rings. The Balaban J connectivity index is 3.14. The predicted molar refractivity (Wildman–Crippen MR) is 66.9 cm³/mol. The van der Waals surface area contributed by atoms with Crippen LogP contribution in [0.3, 0.4) is 0 Å². The Bertz CT molecular complexity index is 446. The molecular formula is C12H17F2N3O. The minimum absolute atomic E-state index is 0.00888. The maximum Gasteiger partial charge on any atom is 0.150 e. The van der Waals surface area contributed by atoms with E-state index in [1.165, 1.54) is 11.9 Å². The highest BCUT2D eigenvalue weighted by molar-refractivity contribution is 5.95. The predicted octanol–water partition coefficient (Wildman–Crippen LogP) is 1.46. The molecule has 0 aliphatic rings. The van der Waals surface area contributed by atoms with Gasteiger partial charge in [-0.25, -0.2) is 8.78 Å². The molecule has 0 spiro atoms. The molecule has 0 radical (unpaired) electrons. The molecular weight excluding hydrogens is 240 g/mol. The van der Waals surface area contributed by atoms with Crippen molar-refractivity contribution in [1.29, 1.82) is 5.41 Å². The normalized spacial score (nSPS) is 11.4. The Labute approximate surface area is 105 Å². The standard InChI is InChI=1S/C12H17F2N3O/c1-12(2,18)6-17(3)10-8(13)4-7(11(15)16)5-9(10)14/h4-5,18H,6H2,1-3H3,(H3,15,16). The molecule has 0 aliphatic carbocycles. The van der Waals surface area contributed by atoms with Crippen molar-refractivity contribution >= 4 is 11.5 Å². The Morgan fingerprint density at radius 2 is 1.83 bits per heavy atom. The topological polar surface area (TPSA) is 73.3 Å². The summed E-state index contributed by atoms with van der Waals surface area (Å²) in [6, 6.07) is 2.00. The highest BCUT2D eigenvalue weighted by Crippen LogP contribution is 2.25. The van der Waals surface area contributed by atoms with E-state index in [1.54, 1.807) is 13.8 Å². The average molecular weight is 257 g/mol. The van der Waals surface area contributed by atoms with Crippen molar-refractivity contribution in [3.63, 3.8) is 0 Å². The largest absolute Gasteiger partial charge is 0.389 e. The quantitative estimate of drug-likeness (QED) is 0.564. The van der Waals surface area contributed by atoms with Gasteiger partial charge in [-0.15, -0.1) is 0 Å². The van der Waals surface area contributed by atoms with E-state index >= 15 is 0 Å². The van der Waals surface area contributed by atoms with E-state index in [9.17, 15) is 13.9 Å². The number of aliphatic hydroxyl groups is 1.